The fourth-order valence-corrected chi connectivity index (χ4v) is 2.14. The van der Waals surface area contributed by atoms with Gasteiger partial charge in [0.2, 0.25) is 0 Å². The Morgan fingerprint density at radius 1 is 1.16 bits per heavy atom. The minimum atomic E-state index is 0.178. The summed E-state index contributed by atoms with van der Waals surface area (Å²) in [6.45, 7) is 7.47. The molecule has 2 unspecified atom stereocenters. The van der Waals surface area contributed by atoms with E-state index in [1.54, 1.807) is 14.2 Å². The normalized spacial score (nSPS) is 22.2. The maximum absolute atomic E-state index is 5.58. The van der Waals surface area contributed by atoms with Crippen molar-refractivity contribution in [2.45, 2.75) is 33.4 Å². The van der Waals surface area contributed by atoms with E-state index in [9.17, 15) is 0 Å². The van der Waals surface area contributed by atoms with E-state index in [0.29, 0.717) is 0 Å². The van der Waals surface area contributed by atoms with Crippen molar-refractivity contribution in [3.05, 3.63) is 23.8 Å². The average Bonchev–Trinajstić information content (AvgIpc) is 3.15. The van der Waals surface area contributed by atoms with Crippen molar-refractivity contribution in [1.29, 1.82) is 0 Å². The number of rotatable bonds is 5. The summed E-state index contributed by atoms with van der Waals surface area (Å²) in [6.07, 6.45) is 1.18. The lowest BCUT2D eigenvalue weighted by atomic mass is 9.95. The van der Waals surface area contributed by atoms with Crippen LogP contribution in [0.2, 0.25) is 0 Å². The largest absolute Gasteiger partial charge is 0.493 e. The SMILES string of the molecule is COc1ccc(CCN2OC2C(C)(C)C)cc1OC. The van der Waals surface area contributed by atoms with Crippen LogP contribution in [0.3, 0.4) is 0 Å². The molecule has 1 fully saturated rings. The molecule has 0 aromatic heterocycles. The van der Waals surface area contributed by atoms with Crippen LogP contribution in [0.4, 0.5) is 0 Å². The molecule has 106 valence electrons. The van der Waals surface area contributed by atoms with E-state index in [4.69, 9.17) is 14.3 Å². The Morgan fingerprint density at radius 2 is 1.84 bits per heavy atom. The van der Waals surface area contributed by atoms with E-state index < -0.39 is 0 Å². The molecule has 1 aromatic rings. The topological polar surface area (TPSA) is 34.0 Å². The van der Waals surface area contributed by atoms with E-state index in [2.05, 4.69) is 26.8 Å². The molecule has 0 bridgehead atoms. The van der Waals surface area contributed by atoms with Crippen LogP contribution in [-0.4, -0.2) is 32.1 Å². The molecular formula is C15H23NO3. The summed E-state index contributed by atoms with van der Waals surface area (Å²) < 4.78 is 10.5. The standard InChI is InChI=1S/C15H23NO3/c1-15(2,3)14-16(19-14)9-8-11-6-7-12(17-4)13(10-11)18-5/h6-7,10,14H,8-9H2,1-5H3. The van der Waals surface area contributed by atoms with Crippen molar-refractivity contribution in [3.63, 3.8) is 0 Å². The first-order valence-corrected chi connectivity index (χ1v) is 6.60. The van der Waals surface area contributed by atoms with Crippen molar-refractivity contribution < 1.29 is 14.3 Å². The van der Waals surface area contributed by atoms with Gasteiger partial charge in [-0.05, 0) is 24.1 Å². The molecule has 2 rings (SSSR count). The molecule has 0 N–H and O–H groups in total. The molecule has 2 atom stereocenters. The van der Waals surface area contributed by atoms with Crippen LogP contribution in [0.5, 0.6) is 11.5 Å². The fourth-order valence-electron chi connectivity index (χ4n) is 2.14. The van der Waals surface area contributed by atoms with Gasteiger partial charge < -0.3 is 9.47 Å². The highest BCUT2D eigenvalue weighted by molar-refractivity contribution is 5.42. The second kappa shape index (κ2) is 5.39. The average molecular weight is 265 g/mol. The van der Waals surface area contributed by atoms with Gasteiger partial charge in [-0.3, -0.25) is 4.84 Å². The first-order valence-electron chi connectivity index (χ1n) is 6.60. The first-order chi connectivity index (χ1) is 8.95. The third-order valence-corrected chi connectivity index (χ3v) is 3.26. The number of hydroxylamine groups is 2. The van der Waals surface area contributed by atoms with Crippen LogP contribution in [0.1, 0.15) is 26.3 Å². The summed E-state index contributed by atoms with van der Waals surface area (Å²) >= 11 is 0. The highest BCUT2D eigenvalue weighted by atomic mass is 16.8. The highest BCUT2D eigenvalue weighted by Crippen LogP contribution is 2.36. The maximum Gasteiger partial charge on any atom is 0.160 e. The lowest BCUT2D eigenvalue weighted by molar-refractivity contribution is 0.192. The molecule has 1 aliphatic rings. The molecule has 0 saturated carbocycles. The highest BCUT2D eigenvalue weighted by Gasteiger charge is 2.45. The smallest absolute Gasteiger partial charge is 0.160 e. The van der Waals surface area contributed by atoms with E-state index in [1.807, 2.05) is 17.2 Å². The summed E-state index contributed by atoms with van der Waals surface area (Å²) in [5.74, 6) is 1.54. The third kappa shape index (κ3) is 3.39. The van der Waals surface area contributed by atoms with Crippen LogP contribution >= 0.6 is 0 Å². The Labute approximate surface area is 115 Å². The minimum Gasteiger partial charge on any atom is -0.493 e. The van der Waals surface area contributed by atoms with Crippen LogP contribution in [-0.2, 0) is 11.3 Å². The third-order valence-electron chi connectivity index (χ3n) is 3.26. The van der Waals surface area contributed by atoms with Crippen LogP contribution in [0, 0.1) is 5.41 Å². The molecule has 1 heterocycles. The lowest BCUT2D eigenvalue weighted by Gasteiger charge is -2.13. The van der Waals surface area contributed by atoms with Crippen LogP contribution < -0.4 is 9.47 Å². The van der Waals surface area contributed by atoms with Gasteiger partial charge >= 0.3 is 0 Å². The summed E-state index contributed by atoms with van der Waals surface area (Å²) in [7, 11) is 3.31. The van der Waals surface area contributed by atoms with E-state index in [1.165, 1.54) is 5.56 Å². The molecule has 19 heavy (non-hydrogen) atoms. The van der Waals surface area contributed by atoms with Gasteiger partial charge in [-0.15, -0.1) is 0 Å². The van der Waals surface area contributed by atoms with Crippen molar-refractivity contribution in [1.82, 2.24) is 5.06 Å². The van der Waals surface area contributed by atoms with Gasteiger partial charge in [-0.2, -0.15) is 5.06 Å². The fraction of sp³-hybridized carbons (Fsp3) is 0.600. The van der Waals surface area contributed by atoms with E-state index in [-0.39, 0.29) is 11.6 Å². The Hall–Kier alpha value is -1.26. The summed E-state index contributed by atoms with van der Waals surface area (Å²) in [4.78, 5) is 5.58. The molecular weight excluding hydrogens is 242 g/mol. The van der Waals surface area contributed by atoms with Gasteiger partial charge in [-0.1, -0.05) is 26.8 Å². The predicted octanol–water partition coefficient (Wildman–Crippen LogP) is 2.87. The predicted molar refractivity (Wildman–Crippen MR) is 74.3 cm³/mol. The number of benzene rings is 1. The zero-order chi connectivity index (χ0) is 14.0. The number of nitrogens with zero attached hydrogens (tertiary/aromatic N) is 1. The minimum absolute atomic E-state index is 0.178. The zero-order valence-corrected chi connectivity index (χ0v) is 12.4. The van der Waals surface area contributed by atoms with E-state index >= 15 is 0 Å². The molecule has 1 saturated heterocycles. The van der Waals surface area contributed by atoms with Crippen molar-refractivity contribution >= 4 is 0 Å². The number of ether oxygens (including phenoxy) is 2. The summed E-state index contributed by atoms with van der Waals surface area (Å²) in [5.41, 5.74) is 1.40. The van der Waals surface area contributed by atoms with Gasteiger partial charge in [0.25, 0.3) is 0 Å². The molecule has 1 aromatic carbocycles. The molecule has 0 amide bonds. The maximum atomic E-state index is 5.58. The summed E-state index contributed by atoms with van der Waals surface area (Å²) in [6, 6.07) is 6.03. The monoisotopic (exact) mass is 265 g/mol. The van der Waals surface area contributed by atoms with Crippen LogP contribution in [0.15, 0.2) is 18.2 Å². The molecule has 4 nitrogen and oxygen atoms in total. The van der Waals surface area contributed by atoms with Gasteiger partial charge in [-0.25, -0.2) is 0 Å². The Morgan fingerprint density at radius 3 is 2.37 bits per heavy atom. The Balaban J connectivity index is 1.91. The molecule has 1 aliphatic heterocycles. The van der Waals surface area contributed by atoms with Crippen molar-refractivity contribution in [2.75, 3.05) is 20.8 Å². The van der Waals surface area contributed by atoms with Crippen molar-refractivity contribution in [2.24, 2.45) is 5.41 Å². The van der Waals surface area contributed by atoms with Gasteiger partial charge in [0.15, 0.2) is 17.7 Å². The Kier molecular flexibility index (Phi) is 4.02. The van der Waals surface area contributed by atoms with Gasteiger partial charge in [0.1, 0.15) is 0 Å². The number of hydrogen-bond donors (Lipinski definition) is 0. The van der Waals surface area contributed by atoms with Crippen LogP contribution in [0.25, 0.3) is 0 Å². The van der Waals surface area contributed by atoms with E-state index in [0.717, 1.165) is 24.5 Å². The Bertz CT molecular complexity index is 440. The number of hydrogen-bond acceptors (Lipinski definition) is 4. The summed E-state index contributed by atoms with van der Waals surface area (Å²) in [5, 5.41) is 2.04. The quantitative estimate of drug-likeness (QED) is 0.767. The lowest BCUT2D eigenvalue weighted by Crippen LogP contribution is -2.19. The molecule has 0 aliphatic carbocycles. The number of methoxy groups -OCH3 is 2. The van der Waals surface area contributed by atoms with Crippen molar-refractivity contribution in [3.8, 4) is 11.5 Å². The molecule has 0 spiro atoms. The van der Waals surface area contributed by atoms with Gasteiger partial charge in [0, 0.05) is 12.0 Å². The first kappa shape index (κ1) is 14.2. The molecule has 0 radical (unpaired) electrons. The zero-order valence-electron chi connectivity index (χ0n) is 12.4. The van der Waals surface area contributed by atoms with Gasteiger partial charge in [0.05, 0.1) is 14.2 Å². The molecule has 4 heteroatoms. The second-order valence-corrected chi connectivity index (χ2v) is 5.90. The second-order valence-electron chi connectivity index (χ2n) is 5.90.